The molecule has 0 spiro atoms. The van der Waals surface area contributed by atoms with E-state index in [9.17, 15) is 9.59 Å². The van der Waals surface area contributed by atoms with Gasteiger partial charge in [-0.2, -0.15) is 0 Å². The van der Waals surface area contributed by atoms with Crippen LogP contribution in [0.3, 0.4) is 0 Å². The Hall–Kier alpha value is -2.89. The summed E-state index contributed by atoms with van der Waals surface area (Å²) in [5.41, 5.74) is 1.90. The van der Waals surface area contributed by atoms with Gasteiger partial charge in [-0.15, -0.1) is 0 Å². The summed E-state index contributed by atoms with van der Waals surface area (Å²) < 4.78 is 3.16. The molecule has 1 amide bonds. The van der Waals surface area contributed by atoms with Crippen LogP contribution in [0.15, 0.2) is 53.6 Å². The number of nitrogens with one attached hydrogen (secondary N) is 1. The molecule has 0 atom stereocenters. The molecule has 0 radical (unpaired) electrons. The van der Waals surface area contributed by atoms with Crippen molar-refractivity contribution >= 4 is 16.9 Å². The highest BCUT2D eigenvalue weighted by Gasteiger charge is 2.18. The fraction of sp³-hybridized carbons (Fsp3) is 0.316. The Morgan fingerprint density at radius 1 is 1.08 bits per heavy atom. The zero-order chi connectivity index (χ0) is 18.0. The summed E-state index contributed by atoms with van der Waals surface area (Å²) >= 11 is 0. The number of rotatable bonds is 4. The predicted molar refractivity (Wildman–Crippen MR) is 97.4 cm³/mol. The van der Waals surface area contributed by atoms with E-state index in [0.717, 1.165) is 11.1 Å². The third kappa shape index (κ3) is 3.79. The van der Waals surface area contributed by atoms with E-state index in [1.165, 1.54) is 4.57 Å². The molecule has 0 fully saturated rings. The van der Waals surface area contributed by atoms with E-state index in [2.05, 4.69) is 10.3 Å². The molecule has 6 heteroatoms. The maximum atomic E-state index is 12.9. The van der Waals surface area contributed by atoms with Gasteiger partial charge in [0.15, 0.2) is 0 Å². The number of carbonyl (C=O) groups excluding carboxylic acids is 1. The third-order valence-corrected chi connectivity index (χ3v) is 3.82. The molecule has 0 saturated carbocycles. The monoisotopic (exact) mass is 338 g/mol. The maximum Gasteiger partial charge on any atom is 0.329 e. The molecule has 0 unspecified atom stereocenters. The van der Waals surface area contributed by atoms with Crippen LogP contribution in [-0.2, 0) is 17.9 Å². The summed E-state index contributed by atoms with van der Waals surface area (Å²) in [6, 6.07) is 11.6. The van der Waals surface area contributed by atoms with Crippen molar-refractivity contribution in [1.82, 2.24) is 19.4 Å². The Kier molecular flexibility index (Phi) is 4.44. The number of fused-ring (bicyclic) bond motifs is 1. The second-order valence-corrected chi connectivity index (χ2v) is 7.10. The molecule has 1 aromatic carbocycles. The van der Waals surface area contributed by atoms with Crippen molar-refractivity contribution in [3.05, 3.63) is 64.8 Å². The Bertz CT molecular complexity index is 949. The van der Waals surface area contributed by atoms with Crippen LogP contribution in [0, 0.1) is 0 Å². The maximum absolute atomic E-state index is 12.9. The minimum Gasteiger partial charge on any atom is -0.350 e. The summed E-state index contributed by atoms with van der Waals surface area (Å²) in [5, 5.41) is 2.89. The summed E-state index contributed by atoms with van der Waals surface area (Å²) in [4.78, 5) is 29.3. The zero-order valence-corrected chi connectivity index (χ0v) is 14.7. The van der Waals surface area contributed by atoms with Crippen molar-refractivity contribution < 1.29 is 4.79 Å². The van der Waals surface area contributed by atoms with Gasteiger partial charge in [-0.1, -0.05) is 30.3 Å². The molecular formula is C19H22N4O2. The number of pyridine rings is 1. The lowest BCUT2D eigenvalue weighted by atomic mass is 10.1. The minimum absolute atomic E-state index is 0.0277. The van der Waals surface area contributed by atoms with Crippen molar-refractivity contribution in [3.8, 4) is 0 Å². The van der Waals surface area contributed by atoms with Gasteiger partial charge in [-0.3, -0.25) is 18.9 Å². The van der Waals surface area contributed by atoms with Gasteiger partial charge in [-0.25, -0.2) is 4.79 Å². The van der Waals surface area contributed by atoms with Gasteiger partial charge in [0.2, 0.25) is 5.91 Å². The van der Waals surface area contributed by atoms with E-state index < -0.39 is 0 Å². The van der Waals surface area contributed by atoms with Gasteiger partial charge in [-0.05, 0) is 32.4 Å². The molecule has 1 N–H and O–H groups in total. The number of hydrogen-bond acceptors (Lipinski definition) is 3. The fourth-order valence-electron chi connectivity index (χ4n) is 2.84. The average Bonchev–Trinajstić information content (AvgIpc) is 2.80. The molecular weight excluding hydrogens is 316 g/mol. The molecule has 0 aliphatic heterocycles. The first-order chi connectivity index (χ1) is 11.8. The molecule has 0 bridgehead atoms. The van der Waals surface area contributed by atoms with Crippen LogP contribution in [-0.4, -0.2) is 25.6 Å². The first-order valence-electron chi connectivity index (χ1n) is 8.23. The number of benzene rings is 1. The van der Waals surface area contributed by atoms with E-state index in [-0.39, 0.29) is 23.7 Å². The summed E-state index contributed by atoms with van der Waals surface area (Å²) in [6.45, 7) is 6.16. The van der Waals surface area contributed by atoms with E-state index in [1.807, 2.05) is 51.1 Å². The Labute approximate surface area is 146 Å². The van der Waals surface area contributed by atoms with E-state index in [4.69, 9.17) is 0 Å². The molecule has 6 nitrogen and oxygen atoms in total. The number of amides is 1. The van der Waals surface area contributed by atoms with Crippen LogP contribution in [0.5, 0.6) is 0 Å². The summed E-state index contributed by atoms with van der Waals surface area (Å²) in [6.07, 6.45) is 3.28. The Morgan fingerprint density at radius 3 is 2.48 bits per heavy atom. The van der Waals surface area contributed by atoms with E-state index in [1.54, 1.807) is 23.0 Å². The average molecular weight is 338 g/mol. The predicted octanol–water partition coefficient (Wildman–Crippen LogP) is 2.16. The number of hydrogen-bond donors (Lipinski definition) is 1. The molecule has 0 aliphatic rings. The molecule has 25 heavy (non-hydrogen) atoms. The molecule has 3 aromatic rings. The molecule has 0 saturated heterocycles. The smallest absolute Gasteiger partial charge is 0.329 e. The van der Waals surface area contributed by atoms with Crippen LogP contribution >= 0.6 is 0 Å². The summed E-state index contributed by atoms with van der Waals surface area (Å²) in [7, 11) is 0. The zero-order valence-electron chi connectivity index (χ0n) is 14.7. The van der Waals surface area contributed by atoms with Crippen LogP contribution < -0.4 is 11.0 Å². The van der Waals surface area contributed by atoms with E-state index in [0.29, 0.717) is 12.1 Å². The van der Waals surface area contributed by atoms with Crippen molar-refractivity contribution in [2.24, 2.45) is 0 Å². The molecule has 130 valence electrons. The van der Waals surface area contributed by atoms with Crippen molar-refractivity contribution in [1.29, 1.82) is 0 Å². The quantitative estimate of drug-likeness (QED) is 0.792. The van der Waals surface area contributed by atoms with Gasteiger partial charge in [0, 0.05) is 11.7 Å². The Balaban J connectivity index is 2.01. The van der Waals surface area contributed by atoms with Gasteiger partial charge < -0.3 is 5.32 Å². The van der Waals surface area contributed by atoms with Crippen LogP contribution in [0.2, 0.25) is 0 Å². The number of nitrogens with zero attached hydrogens (tertiary/aromatic N) is 3. The van der Waals surface area contributed by atoms with Crippen LogP contribution in [0.1, 0.15) is 26.3 Å². The van der Waals surface area contributed by atoms with Crippen molar-refractivity contribution in [2.45, 2.75) is 39.4 Å². The second-order valence-electron chi connectivity index (χ2n) is 7.10. The van der Waals surface area contributed by atoms with E-state index >= 15 is 0 Å². The summed E-state index contributed by atoms with van der Waals surface area (Å²) in [5.74, 6) is -0.197. The highest BCUT2D eigenvalue weighted by molar-refractivity contribution is 5.80. The van der Waals surface area contributed by atoms with Crippen LogP contribution in [0.25, 0.3) is 11.0 Å². The van der Waals surface area contributed by atoms with Gasteiger partial charge >= 0.3 is 5.69 Å². The highest BCUT2D eigenvalue weighted by Crippen LogP contribution is 2.13. The topological polar surface area (TPSA) is 68.9 Å². The van der Waals surface area contributed by atoms with Crippen molar-refractivity contribution in [3.63, 3.8) is 0 Å². The number of carbonyl (C=O) groups is 1. The molecule has 2 aromatic heterocycles. The second kappa shape index (κ2) is 6.55. The molecule has 0 aliphatic carbocycles. The third-order valence-electron chi connectivity index (χ3n) is 3.82. The minimum atomic E-state index is -0.346. The lowest BCUT2D eigenvalue weighted by molar-refractivity contribution is -0.123. The first kappa shape index (κ1) is 17.0. The number of imidazole rings is 1. The number of aromatic nitrogens is 3. The SMILES string of the molecule is CC(C)(C)NC(=O)Cn1c(=O)n(Cc2ccccc2)c2ccncc21. The lowest BCUT2D eigenvalue weighted by Gasteiger charge is -2.20. The standard InChI is InChI=1S/C19H22N4O2/c1-19(2,3)21-17(24)13-23-16-11-20-10-9-15(16)22(18(23)25)12-14-7-5-4-6-8-14/h4-11H,12-13H2,1-3H3,(H,21,24). The Morgan fingerprint density at radius 2 is 1.80 bits per heavy atom. The highest BCUT2D eigenvalue weighted by atomic mass is 16.2. The van der Waals surface area contributed by atoms with Gasteiger partial charge in [0.1, 0.15) is 6.54 Å². The largest absolute Gasteiger partial charge is 0.350 e. The normalized spacial score (nSPS) is 11.6. The fourth-order valence-corrected chi connectivity index (χ4v) is 2.84. The van der Waals surface area contributed by atoms with Crippen LogP contribution in [0.4, 0.5) is 0 Å². The van der Waals surface area contributed by atoms with Gasteiger partial charge in [0.05, 0.1) is 23.8 Å². The molecule has 3 rings (SSSR count). The van der Waals surface area contributed by atoms with Crippen molar-refractivity contribution in [2.75, 3.05) is 0 Å². The first-order valence-corrected chi connectivity index (χ1v) is 8.23. The lowest BCUT2D eigenvalue weighted by Crippen LogP contribution is -2.43. The van der Waals surface area contributed by atoms with Gasteiger partial charge in [0.25, 0.3) is 0 Å². The molecule has 2 heterocycles.